The molecule has 0 fully saturated rings. The molecule has 0 aromatic carbocycles. The summed E-state index contributed by atoms with van der Waals surface area (Å²) in [4.78, 5) is 0. The van der Waals surface area contributed by atoms with Crippen LogP contribution in [0.5, 0.6) is 0 Å². The zero-order chi connectivity index (χ0) is 7.54. The van der Waals surface area contributed by atoms with E-state index in [4.69, 9.17) is 0 Å². The van der Waals surface area contributed by atoms with Crippen molar-refractivity contribution in [2.45, 2.75) is 20.3 Å². The van der Waals surface area contributed by atoms with Crippen molar-refractivity contribution >= 4 is 0 Å². The molecule has 0 heterocycles. The van der Waals surface area contributed by atoms with Crippen LogP contribution in [0, 0.1) is 19.9 Å². The third kappa shape index (κ3) is 15.8. The van der Waals surface area contributed by atoms with E-state index in [0.29, 0.717) is 0 Å². The smallest absolute Gasteiger partial charge is 0.346 e. The summed E-state index contributed by atoms with van der Waals surface area (Å²) >= 11 is 0. The topological polar surface area (TPSA) is 0 Å². The van der Waals surface area contributed by atoms with Crippen LogP contribution in [-0.2, 0) is 26.2 Å². The molecule has 0 N–H and O–H groups in total. The van der Waals surface area contributed by atoms with Crippen molar-refractivity contribution in [2.75, 3.05) is 0 Å². The van der Waals surface area contributed by atoms with Gasteiger partial charge in [0.15, 0.2) is 0 Å². The van der Waals surface area contributed by atoms with E-state index in [0.717, 1.165) is 6.42 Å². The van der Waals surface area contributed by atoms with Crippen LogP contribution in [0.4, 0.5) is 0 Å². The summed E-state index contributed by atoms with van der Waals surface area (Å²) in [6.45, 7) is 10.0. The van der Waals surface area contributed by atoms with Crippen molar-refractivity contribution in [1.29, 1.82) is 0 Å². The standard InChI is InChI=1S/C5H5.2C2H5.Zr/c1-2-4-5-3-1;2*1-2;/h1-3H,4H2;2*1H2,2H3;/q3*-1;+3. The molecule has 0 nitrogen and oxygen atoms in total. The van der Waals surface area contributed by atoms with Gasteiger partial charge < -0.3 is 13.8 Å². The van der Waals surface area contributed by atoms with E-state index in [9.17, 15) is 0 Å². The van der Waals surface area contributed by atoms with Crippen LogP contribution in [0.25, 0.3) is 0 Å². The van der Waals surface area contributed by atoms with E-state index in [1.165, 1.54) is 0 Å². The Bertz CT molecular complexity index is 62.8. The molecule has 1 radical (unpaired) electrons. The molecule has 0 bridgehead atoms. The summed E-state index contributed by atoms with van der Waals surface area (Å²) in [6, 6.07) is 0. The molecule has 0 saturated carbocycles. The van der Waals surface area contributed by atoms with E-state index in [1.807, 2.05) is 12.2 Å². The average molecular weight is 214 g/mol. The number of allylic oxidation sites excluding steroid dienone is 4. The number of hydrogen-bond acceptors (Lipinski definition) is 0. The zero-order valence-electron chi connectivity index (χ0n) is 6.85. The molecule has 1 aliphatic rings. The Balaban J connectivity index is -0.0000000875. The van der Waals surface area contributed by atoms with Gasteiger partial charge in [0.2, 0.25) is 0 Å². The maximum Gasteiger partial charge on any atom is 3.00 e. The van der Waals surface area contributed by atoms with Crippen molar-refractivity contribution < 1.29 is 26.2 Å². The van der Waals surface area contributed by atoms with Crippen molar-refractivity contribution in [2.24, 2.45) is 0 Å². The summed E-state index contributed by atoms with van der Waals surface area (Å²) in [7, 11) is 0. The molecule has 0 aromatic heterocycles. The predicted molar refractivity (Wildman–Crippen MR) is 43.6 cm³/mol. The van der Waals surface area contributed by atoms with Crippen LogP contribution in [0.3, 0.4) is 0 Å². The molecule has 10 heavy (non-hydrogen) atoms. The van der Waals surface area contributed by atoms with Crippen LogP contribution in [0.15, 0.2) is 18.2 Å². The first-order valence-electron chi connectivity index (χ1n) is 3.13. The first-order chi connectivity index (χ1) is 4.50. The van der Waals surface area contributed by atoms with Gasteiger partial charge in [-0.2, -0.15) is 19.9 Å². The zero-order valence-corrected chi connectivity index (χ0v) is 9.31. The quantitative estimate of drug-likeness (QED) is 0.544. The molecular weight excluding hydrogens is 199 g/mol. The van der Waals surface area contributed by atoms with Crippen molar-refractivity contribution in [1.82, 2.24) is 0 Å². The van der Waals surface area contributed by atoms with Crippen LogP contribution >= 0.6 is 0 Å². The second-order valence-electron chi connectivity index (χ2n) is 1.00. The van der Waals surface area contributed by atoms with Crippen molar-refractivity contribution in [3.05, 3.63) is 38.2 Å². The van der Waals surface area contributed by atoms with Gasteiger partial charge in [-0.25, -0.2) is 12.2 Å². The maximum absolute atomic E-state index is 3.25. The molecule has 0 aliphatic heterocycles. The van der Waals surface area contributed by atoms with Crippen molar-refractivity contribution in [3.63, 3.8) is 0 Å². The number of rotatable bonds is 0. The molecule has 1 heteroatoms. The van der Waals surface area contributed by atoms with Gasteiger partial charge in [-0.05, 0) is 0 Å². The molecule has 0 atom stereocenters. The fraction of sp³-hybridized carbons (Fsp3) is 0.333. The van der Waals surface area contributed by atoms with Gasteiger partial charge in [0.1, 0.15) is 0 Å². The largest absolute Gasteiger partial charge is 3.00 e. The molecule has 0 saturated heterocycles. The van der Waals surface area contributed by atoms with Crippen LogP contribution in [0.1, 0.15) is 20.3 Å². The van der Waals surface area contributed by atoms with Gasteiger partial charge in [-0.3, -0.25) is 6.08 Å². The second-order valence-corrected chi connectivity index (χ2v) is 1.00. The van der Waals surface area contributed by atoms with Gasteiger partial charge in [0, 0.05) is 0 Å². The molecular formula is C9H15Zr. The fourth-order valence-electron chi connectivity index (χ4n) is 0.340. The van der Waals surface area contributed by atoms with Crippen LogP contribution in [-0.4, -0.2) is 0 Å². The first-order valence-corrected chi connectivity index (χ1v) is 3.13. The third-order valence-electron chi connectivity index (χ3n) is 0.586. The van der Waals surface area contributed by atoms with Crippen LogP contribution < -0.4 is 0 Å². The third-order valence-corrected chi connectivity index (χ3v) is 0.586. The van der Waals surface area contributed by atoms with E-state index < -0.39 is 0 Å². The first kappa shape index (κ1) is 16.8. The molecule has 0 amide bonds. The van der Waals surface area contributed by atoms with E-state index in [2.05, 4.69) is 26.0 Å². The summed E-state index contributed by atoms with van der Waals surface area (Å²) in [6.07, 6.45) is 10.0. The monoisotopic (exact) mass is 213 g/mol. The molecule has 55 valence electrons. The van der Waals surface area contributed by atoms with Gasteiger partial charge in [0.05, 0.1) is 0 Å². The Morgan fingerprint density at radius 1 is 1.20 bits per heavy atom. The Morgan fingerprint density at radius 2 is 1.70 bits per heavy atom. The molecule has 0 spiro atoms. The van der Waals surface area contributed by atoms with Gasteiger partial charge in [-0.1, -0.05) is 0 Å². The summed E-state index contributed by atoms with van der Waals surface area (Å²) in [5, 5.41) is 0. The van der Waals surface area contributed by atoms with E-state index in [-0.39, 0.29) is 26.2 Å². The Labute approximate surface area is 84.5 Å². The minimum Gasteiger partial charge on any atom is -0.346 e. The SMILES string of the molecule is [C-]1=CC=CC1.[CH2-]C.[CH2-]C.[Zr+3]. The maximum atomic E-state index is 3.25. The summed E-state index contributed by atoms with van der Waals surface area (Å²) in [5.41, 5.74) is 0. The molecule has 1 rings (SSSR count). The second kappa shape index (κ2) is 22.8. The summed E-state index contributed by atoms with van der Waals surface area (Å²) < 4.78 is 0. The average Bonchev–Trinajstić information content (AvgIpc) is 2.51. The molecule has 0 aromatic rings. The predicted octanol–water partition coefficient (Wildman–Crippen LogP) is 2.98. The van der Waals surface area contributed by atoms with Crippen LogP contribution in [0.2, 0.25) is 0 Å². The fourth-order valence-corrected chi connectivity index (χ4v) is 0.340. The van der Waals surface area contributed by atoms with Gasteiger partial charge in [0.25, 0.3) is 0 Å². The van der Waals surface area contributed by atoms with E-state index >= 15 is 0 Å². The minimum atomic E-state index is 0. The molecule has 0 unspecified atom stereocenters. The van der Waals surface area contributed by atoms with Gasteiger partial charge >= 0.3 is 26.2 Å². The summed E-state index contributed by atoms with van der Waals surface area (Å²) in [5.74, 6) is 0. The minimum absolute atomic E-state index is 0. The Morgan fingerprint density at radius 3 is 1.80 bits per heavy atom. The molecule has 1 aliphatic carbocycles. The van der Waals surface area contributed by atoms with Gasteiger partial charge in [-0.15, -0.1) is 6.42 Å². The Hall–Kier alpha value is 0.363. The normalized spacial score (nSPS) is 10.0. The van der Waals surface area contributed by atoms with Crippen molar-refractivity contribution in [3.8, 4) is 0 Å². The Kier molecular flexibility index (Phi) is 38.2. The number of hydrogen-bond donors (Lipinski definition) is 0. The van der Waals surface area contributed by atoms with E-state index in [1.54, 1.807) is 13.8 Å².